The molecule has 2 aromatic carbocycles. The van der Waals surface area contributed by atoms with Crippen LogP contribution in [0.2, 0.25) is 0 Å². The van der Waals surface area contributed by atoms with Crippen molar-refractivity contribution in [3.8, 4) is 0 Å². The first kappa shape index (κ1) is 12.7. The first-order chi connectivity index (χ1) is 10.1. The quantitative estimate of drug-likeness (QED) is 0.780. The minimum absolute atomic E-state index is 0.221. The summed E-state index contributed by atoms with van der Waals surface area (Å²) in [6.45, 7) is 2.00. The molecule has 0 saturated carbocycles. The molecule has 3 nitrogen and oxygen atoms in total. The molecule has 21 heavy (non-hydrogen) atoms. The van der Waals surface area contributed by atoms with Crippen molar-refractivity contribution in [3.05, 3.63) is 52.1 Å². The summed E-state index contributed by atoms with van der Waals surface area (Å²) in [5.74, 6) is 0.221. The number of hydrogen-bond acceptors (Lipinski definition) is 3. The maximum atomic E-state index is 12.0. The van der Waals surface area contributed by atoms with E-state index in [4.69, 9.17) is 0 Å². The highest BCUT2D eigenvalue weighted by molar-refractivity contribution is 6.08. The van der Waals surface area contributed by atoms with Gasteiger partial charge < -0.3 is 10.2 Å². The zero-order chi connectivity index (χ0) is 14.7. The number of ketones is 1. The Morgan fingerprint density at radius 1 is 1.19 bits per heavy atom. The van der Waals surface area contributed by atoms with Crippen molar-refractivity contribution >= 4 is 22.6 Å². The van der Waals surface area contributed by atoms with Crippen molar-refractivity contribution in [2.75, 3.05) is 0 Å². The molecular formula is C18H16O3. The number of benzene rings is 2. The topological polar surface area (TPSA) is 57.5 Å². The Bertz CT molecular complexity index is 817. The Morgan fingerprint density at radius 3 is 2.81 bits per heavy atom. The maximum absolute atomic E-state index is 12.0. The molecule has 3 heteroatoms. The molecule has 0 spiro atoms. The number of rotatable bonds is 0. The van der Waals surface area contributed by atoms with E-state index in [-0.39, 0.29) is 5.78 Å². The van der Waals surface area contributed by atoms with Crippen molar-refractivity contribution in [1.29, 1.82) is 0 Å². The van der Waals surface area contributed by atoms with Gasteiger partial charge in [0.15, 0.2) is 5.78 Å². The van der Waals surface area contributed by atoms with Gasteiger partial charge in [0.1, 0.15) is 12.2 Å². The second-order valence-corrected chi connectivity index (χ2v) is 5.93. The minimum Gasteiger partial charge on any atom is -0.386 e. The van der Waals surface area contributed by atoms with Crippen LogP contribution in [0, 0.1) is 6.92 Å². The largest absolute Gasteiger partial charge is 0.386 e. The fourth-order valence-corrected chi connectivity index (χ4v) is 3.65. The standard InChI is InChI=1S/C18H16O3/c1-9-8-14-10(4-6-15(14)19)11-2-3-13-12(17(9)11)5-7-16(20)18(13)21/h2-3,5,7-8,16,18,20-21H,4,6H2,1H3/t16-,18-/m0/s1. The lowest BCUT2D eigenvalue weighted by atomic mass is 9.85. The first-order valence-electron chi connectivity index (χ1n) is 7.24. The van der Waals surface area contributed by atoms with Crippen LogP contribution in [0.3, 0.4) is 0 Å². The molecule has 2 aliphatic carbocycles. The second-order valence-electron chi connectivity index (χ2n) is 5.93. The van der Waals surface area contributed by atoms with Crippen LogP contribution in [0.4, 0.5) is 0 Å². The van der Waals surface area contributed by atoms with E-state index in [1.807, 2.05) is 31.2 Å². The molecule has 0 saturated heterocycles. The molecule has 0 aliphatic heterocycles. The highest BCUT2D eigenvalue weighted by Crippen LogP contribution is 2.39. The number of aliphatic hydroxyl groups is 2. The summed E-state index contributed by atoms with van der Waals surface area (Å²) in [5, 5.41) is 22.1. The van der Waals surface area contributed by atoms with Crippen LogP contribution < -0.4 is 0 Å². The first-order valence-corrected chi connectivity index (χ1v) is 7.24. The average molecular weight is 280 g/mol. The molecular weight excluding hydrogens is 264 g/mol. The van der Waals surface area contributed by atoms with Gasteiger partial charge >= 0.3 is 0 Å². The zero-order valence-corrected chi connectivity index (χ0v) is 11.8. The van der Waals surface area contributed by atoms with Gasteiger partial charge in [-0.1, -0.05) is 24.3 Å². The van der Waals surface area contributed by atoms with Crippen molar-refractivity contribution in [2.45, 2.75) is 32.0 Å². The lowest BCUT2D eigenvalue weighted by Gasteiger charge is -2.24. The lowest BCUT2D eigenvalue weighted by molar-refractivity contribution is 0.0471. The maximum Gasteiger partial charge on any atom is 0.163 e. The van der Waals surface area contributed by atoms with Gasteiger partial charge in [-0.05, 0) is 52.4 Å². The molecule has 0 aromatic heterocycles. The van der Waals surface area contributed by atoms with Crippen LogP contribution >= 0.6 is 0 Å². The van der Waals surface area contributed by atoms with Crippen molar-refractivity contribution in [3.63, 3.8) is 0 Å². The van der Waals surface area contributed by atoms with Gasteiger partial charge in [0.25, 0.3) is 0 Å². The molecule has 2 N–H and O–H groups in total. The predicted molar refractivity (Wildman–Crippen MR) is 81.3 cm³/mol. The van der Waals surface area contributed by atoms with Crippen molar-refractivity contribution in [2.24, 2.45) is 0 Å². The van der Waals surface area contributed by atoms with E-state index < -0.39 is 12.2 Å². The van der Waals surface area contributed by atoms with Crippen molar-refractivity contribution in [1.82, 2.24) is 0 Å². The highest BCUT2D eigenvalue weighted by Gasteiger charge is 2.27. The van der Waals surface area contributed by atoms with E-state index >= 15 is 0 Å². The molecule has 0 unspecified atom stereocenters. The van der Waals surface area contributed by atoms with Crippen LogP contribution in [-0.2, 0) is 6.42 Å². The van der Waals surface area contributed by atoms with Gasteiger partial charge in [-0.2, -0.15) is 0 Å². The molecule has 0 amide bonds. The normalized spacial score (nSPS) is 23.5. The van der Waals surface area contributed by atoms with Gasteiger partial charge in [0, 0.05) is 12.0 Å². The number of fused-ring (bicyclic) bond motifs is 5. The minimum atomic E-state index is -0.885. The van der Waals surface area contributed by atoms with E-state index in [9.17, 15) is 15.0 Å². The van der Waals surface area contributed by atoms with Crippen LogP contribution in [0.15, 0.2) is 24.3 Å². The Labute approximate surface area is 122 Å². The number of aliphatic hydroxyl groups excluding tert-OH is 2. The molecule has 0 radical (unpaired) electrons. The summed E-state index contributed by atoms with van der Waals surface area (Å²) in [5.41, 5.74) is 4.73. The molecule has 106 valence electrons. The third kappa shape index (κ3) is 1.65. The predicted octanol–water partition coefficient (Wildman–Crippen LogP) is 2.70. The Hall–Kier alpha value is -1.97. The Morgan fingerprint density at radius 2 is 2.00 bits per heavy atom. The summed E-state index contributed by atoms with van der Waals surface area (Å²) in [7, 11) is 0. The molecule has 2 aromatic rings. The third-order valence-corrected chi connectivity index (χ3v) is 4.69. The Kier molecular flexibility index (Phi) is 2.59. The number of aryl methyl sites for hydroxylation is 2. The SMILES string of the molecule is Cc1cc2c(c3ccc4c(c13)C=C[C@H](O)[C@H]4O)CCC2=O. The summed E-state index contributed by atoms with van der Waals surface area (Å²) in [6.07, 6.45) is 3.14. The van der Waals surface area contributed by atoms with Gasteiger partial charge in [0.05, 0.1) is 0 Å². The van der Waals surface area contributed by atoms with E-state index in [0.717, 1.165) is 45.0 Å². The van der Waals surface area contributed by atoms with E-state index in [1.165, 1.54) is 0 Å². The van der Waals surface area contributed by atoms with E-state index in [0.29, 0.717) is 6.42 Å². The molecule has 0 heterocycles. The van der Waals surface area contributed by atoms with Crippen LogP contribution in [0.25, 0.3) is 16.8 Å². The van der Waals surface area contributed by atoms with Gasteiger partial charge in [-0.25, -0.2) is 0 Å². The van der Waals surface area contributed by atoms with E-state index in [1.54, 1.807) is 6.08 Å². The molecule has 0 bridgehead atoms. The molecule has 4 rings (SSSR count). The lowest BCUT2D eigenvalue weighted by Crippen LogP contribution is -2.19. The summed E-state index contributed by atoms with van der Waals surface area (Å²) >= 11 is 0. The number of carbonyl (C=O) groups is 1. The summed E-state index contributed by atoms with van der Waals surface area (Å²) in [6, 6.07) is 5.82. The van der Waals surface area contributed by atoms with Gasteiger partial charge in [-0.3, -0.25) is 4.79 Å². The zero-order valence-electron chi connectivity index (χ0n) is 11.8. The fourth-order valence-electron chi connectivity index (χ4n) is 3.65. The summed E-state index contributed by atoms with van der Waals surface area (Å²) in [4.78, 5) is 12.0. The van der Waals surface area contributed by atoms with Crippen LogP contribution in [0.5, 0.6) is 0 Å². The Balaban J connectivity index is 2.10. The fraction of sp³-hybridized carbons (Fsp3) is 0.278. The molecule has 0 fully saturated rings. The van der Waals surface area contributed by atoms with E-state index in [2.05, 4.69) is 0 Å². The number of carbonyl (C=O) groups excluding carboxylic acids is 1. The average Bonchev–Trinajstić information content (AvgIpc) is 2.84. The van der Waals surface area contributed by atoms with Gasteiger partial charge in [0.2, 0.25) is 0 Å². The van der Waals surface area contributed by atoms with Crippen LogP contribution in [0.1, 0.15) is 45.1 Å². The third-order valence-electron chi connectivity index (χ3n) is 4.69. The second kappa shape index (κ2) is 4.26. The molecule has 2 atom stereocenters. The van der Waals surface area contributed by atoms with Crippen LogP contribution in [-0.4, -0.2) is 22.1 Å². The number of Topliss-reactive ketones (excluding diaryl/α,β-unsaturated/α-hetero) is 1. The van der Waals surface area contributed by atoms with Gasteiger partial charge in [-0.15, -0.1) is 0 Å². The summed E-state index contributed by atoms with van der Waals surface area (Å²) < 4.78 is 0. The molecule has 2 aliphatic rings. The monoisotopic (exact) mass is 280 g/mol. The van der Waals surface area contributed by atoms with Crippen molar-refractivity contribution < 1.29 is 15.0 Å². The number of hydrogen-bond donors (Lipinski definition) is 2. The highest BCUT2D eigenvalue weighted by atomic mass is 16.3. The smallest absolute Gasteiger partial charge is 0.163 e.